The molecule has 0 amide bonds. The van der Waals surface area contributed by atoms with Crippen LogP contribution in [-0.4, -0.2) is 11.7 Å². The molecule has 2 N–H and O–H groups in total. The number of anilines is 1. The van der Waals surface area contributed by atoms with Gasteiger partial charge in [0.05, 0.1) is 11.1 Å². The minimum Gasteiger partial charge on any atom is -0.362 e. The summed E-state index contributed by atoms with van der Waals surface area (Å²) in [4.78, 5) is 0. The number of thiocarbonyl (C=S) groups is 1. The lowest BCUT2D eigenvalue weighted by Gasteiger charge is -2.16. The van der Waals surface area contributed by atoms with Crippen molar-refractivity contribution in [2.45, 2.75) is 18.8 Å². The largest absolute Gasteiger partial charge is 0.416 e. The number of hydrogen-bond acceptors (Lipinski definition) is 1. The quantitative estimate of drug-likeness (QED) is 0.469. The molecule has 0 radical (unpaired) electrons. The van der Waals surface area contributed by atoms with Gasteiger partial charge in [-0.3, -0.25) is 0 Å². The van der Waals surface area contributed by atoms with Crippen molar-refractivity contribution in [2.24, 2.45) is 0 Å². The van der Waals surface area contributed by atoms with Crippen molar-refractivity contribution in [1.29, 1.82) is 0 Å². The van der Waals surface area contributed by atoms with Gasteiger partial charge in [-0.05, 0) is 54.5 Å². The van der Waals surface area contributed by atoms with Crippen LogP contribution in [0.4, 0.5) is 32.0 Å². The van der Waals surface area contributed by atoms with Crippen molar-refractivity contribution < 1.29 is 26.3 Å². The summed E-state index contributed by atoms with van der Waals surface area (Å²) in [6, 6.07) is 8.20. The maximum atomic E-state index is 12.8. The van der Waals surface area contributed by atoms with E-state index in [1.165, 1.54) is 0 Å². The van der Waals surface area contributed by atoms with Crippen LogP contribution in [0.2, 0.25) is 5.02 Å². The van der Waals surface area contributed by atoms with Gasteiger partial charge in [-0.25, -0.2) is 0 Å². The van der Waals surface area contributed by atoms with Gasteiger partial charge < -0.3 is 10.6 Å². The van der Waals surface area contributed by atoms with Gasteiger partial charge in [0.1, 0.15) is 0 Å². The standard InChI is InChI=1S/C17H13ClF6N2S/c18-13-3-1-10(2-4-13)5-6-25-15(27)26-14-8-11(16(19,20)21)7-12(9-14)17(22,23)24/h1-4,7-9H,5-6H2,(H2,25,26,27). The Morgan fingerprint density at radius 1 is 0.889 bits per heavy atom. The molecule has 27 heavy (non-hydrogen) atoms. The van der Waals surface area contributed by atoms with E-state index in [2.05, 4.69) is 10.6 Å². The number of alkyl halides is 6. The molecule has 0 aliphatic heterocycles. The fraction of sp³-hybridized carbons (Fsp3) is 0.235. The van der Waals surface area contributed by atoms with Gasteiger partial charge in [-0.2, -0.15) is 26.3 Å². The van der Waals surface area contributed by atoms with Crippen LogP contribution in [0, 0.1) is 0 Å². The van der Waals surface area contributed by atoms with E-state index in [1.54, 1.807) is 24.3 Å². The van der Waals surface area contributed by atoms with Crippen molar-refractivity contribution >= 4 is 34.6 Å². The molecule has 0 aromatic heterocycles. The van der Waals surface area contributed by atoms with E-state index in [4.69, 9.17) is 23.8 Å². The third kappa shape index (κ3) is 6.59. The molecule has 0 saturated heterocycles. The average Bonchev–Trinajstić information content (AvgIpc) is 2.55. The fourth-order valence-electron chi connectivity index (χ4n) is 2.17. The molecular formula is C17H13ClF6N2S. The van der Waals surface area contributed by atoms with Crippen molar-refractivity contribution in [1.82, 2.24) is 5.32 Å². The van der Waals surface area contributed by atoms with E-state index >= 15 is 0 Å². The van der Waals surface area contributed by atoms with Crippen molar-refractivity contribution in [3.05, 3.63) is 64.2 Å². The molecule has 0 heterocycles. The van der Waals surface area contributed by atoms with Crippen molar-refractivity contribution in [3.63, 3.8) is 0 Å². The third-order valence-electron chi connectivity index (χ3n) is 3.46. The summed E-state index contributed by atoms with van der Waals surface area (Å²) in [5.41, 5.74) is -2.29. The smallest absolute Gasteiger partial charge is 0.362 e. The molecule has 0 atom stereocenters. The molecule has 0 aliphatic carbocycles. The first-order valence-corrected chi connectivity index (χ1v) is 8.32. The first-order valence-electron chi connectivity index (χ1n) is 7.54. The number of hydrogen-bond donors (Lipinski definition) is 2. The predicted octanol–water partition coefficient (Wildman–Crippen LogP) is 5.91. The summed E-state index contributed by atoms with van der Waals surface area (Å²) in [6.07, 6.45) is -9.29. The molecule has 0 fully saturated rings. The van der Waals surface area contributed by atoms with Crippen LogP contribution in [-0.2, 0) is 18.8 Å². The number of halogens is 7. The van der Waals surface area contributed by atoms with Gasteiger partial charge in [-0.15, -0.1) is 0 Å². The summed E-state index contributed by atoms with van der Waals surface area (Å²) in [5.74, 6) is 0. The Labute approximate surface area is 161 Å². The first-order chi connectivity index (χ1) is 12.4. The van der Waals surface area contributed by atoms with Gasteiger partial charge in [0.25, 0.3) is 0 Å². The minimum atomic E-state index is -4.92. The van der Waals surface area contributed by atoms with Crippen LogP contribution >= 0.6 is 23.8 Å². The molecule has 2 aromatic rings. The summed E-state index contributed by atoms with van der Waals surface area (Å²) < 4.78 is 77.0. The Kier molecular flexibility index (Phi) is 6.59. The second-order valence-corrected chi connectivity index (χ2v) is 6.40. The third-order valence-corrected chi connectivity index (χ3v) is 3.96. The van der Waals surface area contributed by atoms with Crippen molar-refractivity contribution in [3.8, 4) is 0 Å². The summed E-state index contributed by atoms with van der Waals surface area (Å²) >= 11 is 10.7. The molecule has 0 spiro atoms. The van der Waals surface area contributed by atoms with Crippen LogP contribution in [0.3, 0.4) is 0 Å². The zero-order valence-corrected chi connectivity index (χ0v) is 15.1. The zero-order chi connectivity index (χ0) is 20.2. The van der Waals surface area contributed by atoms with E-state index in [-0.39, 0.29) is 11.2 Å². The highest BCUT2D eigenvalue weighted by molar-refractivity contribution is 7.80. The van der Waals surface area contributed by atoms with Gasteiger partial charge in [0, 0.05) is 17.3 Å². The molecule has 0 bridgehead atoms. The topological polar surface area (TPSA) is 24.1 Å². The maximum absolute atomic E-state index is 12.8. The lowest BCUT2D eigenvalue weighted by molar-refractivity contribution is -0.143. The Hall–Kier alpha value is -2.00. The SMILES string of the molecule is FC(F)(F)c1cc(NC(=S)NCCc2ccc(Cl)cc2)cc(C(F)(F)F)c1. The highest BCUT2D eigenvalue weighted by Gasteiger charge is 2.37. The number of nitrogens with one attached hydrogen (secondary N) is 2. The van der Waals surface area contributed by atoms with Crippen molar-refractivity contribution in [2.75, 3.05) is 11.9 Å². The number of rotatable bonds is 4. The van der Waals surface area contributed by atoms with E-state index in [0.717, 1.165) is 5.56 Å². The van der Waals surface area contributed by atoms with Crippen LogP contribution in [0.1, 0.15) is 16.7 Å². The monoisotopic (exact) mass is 426 g/mol. The molecule has 0 unspecified atom stereocenters. The van der Waals surface area contributed by atoms with Gasteiger partial charge in [0.15, 0.2) is 5.11 Å². The lowest BCUT2D eigenvalue weighted by Crippen LogP contribution is -2.30. The normalized spacial score (nSPS) is 12.0. The molecule has 2 rings (SSSR count). The Morgan fingerprint density at radius 3 is 1.89 bits per heavy atom. The minimum absolute atomic E-state index is 0.0577. The Morgan fingerprint density at radius 2 is 1.41 bits per heavy atom. The zero-order valence-electron chi connectivity index (χ0n) is 13.5. The summed E-state index contributed by atoms with van der Waals surface area (Å²) in [7, 11) is 0. The second kappa shape index (κ2) is 8.35. The molecular weight excluding hydrogens is 414 g/mol. The summed E-state index contributed by atoms with van der Waals surface area (Å²) in [6.45, 7) is 0.332. The Balaban J connectivity index is 2.04. The van der Waals surface area contributed by atoms with Gasteiger partial charge >= 0.3 is 12.4 Å². The first kappa shape index (κ1) is 21.3. The molecule has 146 valence electrons. The van der Waals surface area contributed by atoms with Crippen LogP contribution in [0.15, 0.2) is 42.5 Å². The van der Waals surface area contributed by atoms with E-state index in [9.17, 15) is 26.3 Å². The highest BCUT2D eigenvalue weighted by Crippen LogP contribution is 2.37. The van der Waals surface area contributed by atoms with E-state index < -0.39 is 29.2 Å². The molecule has 0 saturated carbocycles. The van der Waals surface area contributed by atoms with Gasteiger partial charge in [-0.1, -0.05) is 23.7 Å². The number of benzene rings is 2. The lowest BCUT2D eigenvalue weighted by atomic mass is 10.1. The molecule has 0 aliphatic rings. The van der Waals surface area contributed by atoms with Crippen LogP contribution < -0.4 is 10.6 Å². The average molecular weight is 427 g/mol. The highest BCUT2D eigenvalue weighted by atomic mass is 35.5. The fourth-order valence-corrected chi connectivity index (χ4v) is 2.52. The Bertz CT molecular complexity index is 770. The van der Waals surface area contributed by atoms with E-state index in [1.807, 2.05) is 0 Å². The van der Waals surface area contributed by atoms with E-state index in [0.29, 0.717) is 30.1 Å². The summed E-state index contributed by atoms with van der Waals surface area (Å²) in [5, 5.41) is 5.59. The molecule has 2 aromatic carbocycles. The molecule has 2 nitrogen and oxygen atoms in total. The molecule has 10 heteroatoms. The second-order valence-electron chi connectivity index (χ2n) is 5.55. The van der Waals surface area contributed by atoms with Crippen LogP contribution in [0.25, 0.3) is 0 Å². The van der Waals surface area contributed by atoms with Crippen LogP contribution in [0.5, 0.6) is 0 Å². The van der Waals surface area contributed by atoms with Gasteiger partial charge in [0.2, 0.25) is 0 Å². The predicted molar refractivity (Wildman–Crippen MR) is 95.8 cm³/mol. The maximum Gasteiger partial charge on any atom is 0.416 e.